The van der Waals surface area contributed by atoms with Crippen molar-refractivity contribution in [2.75, 3.05) is 10.5 Å². The Kier molecular flexibility index (Phi) is 5.91. The highest BCUT2D eigenvalue weighted by Gasteiger charge is 2.21. The minimum atomic E-state index is -4.20. The van der Waals surface area contributed by atoms with Crippen molar-refractivity contribution in [1.29, 1.82) is 0 Å². The summed E-state index contributed by atoms with van der Waals surface area (Å²) >= 11 is 6.11. The van der Waals surface area contributed by atoms with E-state index in [9.17, 15) is 17.6 Å². The van der Waals surface area contributed by atoms with Gasteiger partial charge in [0.2, 0.25) is 5.95 Å². The van der Waals surface area contributed by atoms with E-state index < -0.39 is 15.8 Å². The molecule has 5 aromatic rings. The van der Waals surface area contributed by atoms with Crippen molar-refractivity contribution < 1.29 is 12.8 Å². The van der Waals surface area contributed by atoms with Crippen LogP contribution < -0.4 is 16.0 Å². The van der Waals surface area contributed by atoms with E-state index in [1.54, 1.807) is 42.5 Å². The molecule has 0 fully saturated rings. The Morgan fingerprint density at radius 1 is 0.944 bits per heavy atom. The fourth-order valence-electron chi connectivity index (χ4n) is 3.75. The summed E-state index contributed by atoms with van der Waals surface area (Å²) in [5.41, 5.74) is 7.56. The summed E-state index contributed by atoms with van der Waals surface area (Å²) in [6, 6.07) is 20.1. The van der Waals surface area contributed by atoms with Crippen LogP contribution in [0.5, 0.6) is 0 Å². The largest absolute Gasteiger partial charge is 0.369 e. The number of para-hydroxylation sites is 1. The van der Waals surface area contributed by atoms with E-state index in [-0.39, 0.29) is 32.6 Å². The molecule has 0 bridgehead atoms. The number of benzene rings is 3. The van der Waals surface area contributed by atoms with Crippen LogP contribution >= 0.6 is 11.6 Å². The Morgan fingerprint density at radius 3 is 2.47 bits per heavy atom. The van der Waals surface area contributed by atoms with Crippen molar-refractivity contribution in [2.45, 2.75) is 4.90 Å². The summed E-state index contributed by atoms with van der Waals surface area (Å²) < 4.78 is 43.1. The van der Waals surface area contributed by atoms with Gasteiger partial charge in [-0.2, -0.15) is 0 Å². The zero-order valence-corrected chi connectivity index (χ0v) is 20.0. The average molecular weight is 522 g/mol. The first-order chi connectivity index (χ1) is 17.2. The number of sulfonamides is 1. The second kappa shape index (κ2) is 9.06. The summed E-state index contributed by atoms with van der Waals surface area (Å²) in [6.45, 7) is 0. The fourth-order valence-corrected chi connectivity index (χ4v) is 5.26. The quantitative estimate of drug-likeness (QED) is 0.325. The third-order valence-electron chi connectivity index (χ3n) is 5.42. The smallest absolute Gasteiger partial charge is 0.267 e. The number of hydrogen-bond acceptors (Lipinski definition) is 6. The van der Waals surface area contributed by atoms with Crippen molar-refractivity contribution >= 4 is 44.2 Å². The zero-order chi connectivity index (χ0) is 25.4. The maximum absolute atomic E-state index is 13.5. The molecule has 0 aliphatic heterocycles. The maximum Gasteiger partial charge on any atom is 0.267 e. The topological polar surface area (TPSA) is 120 Å². The highest BCUT2D eigenvalue weighted by molar-refractivity contribution is 7.92. The minimum Gasteiger partial charge on any atom is -0.369 e. The molecule has 0 atom stereocenters. The lowest BCUT2D eigenvalue weighted by Crippen LogP contribution is -2.23. The number of halogens is 2. The van der Waals surface area contributed by atoms with Gasteiger partial charge in [-0.1, -0.05) is 41.9 Å². The molecule has 36 heavy (non-hydrogen) atoms. The van der Waals surface area contributed by atoms with Crippen LogP contribution in [0, 0.1) is 5.82 Å². The zero-order valence-electron chi connectivity index (χ0n) is 18.4. The van der Waals surface area contributed by atoms with Crippen LogP contribution in [-0.4, -0.2) is 23.0 Å². The number of nitrogens with two attached hydrogens (primary N) is 1. The van der Waals surface area contributed by atoms with Gasteiger partial charge in [-0.15, -0.1) is 0 Å². The Morgan fingerprint density at radius 2 is 1.72 bits per heavy atom. The molecule has 0 saturated heterocycles. The van der Waals surface area contributed by atoms with E-state index in [1.807, 2.05) is 6.07 Å². The number of rotatable bonds is 5. The first kappa shape index (κ1) is 23.5. The van der Waals surface area contributed by atoms with Crippen LogP contribution in [0.25, 0.3) is 27.7 Å². The Balaban J connectivity index is 1.60. The Labute approximate surface area is 209 Å². The van der Waals surface area contributed by atoms with Gasteiger partial charge in [0.1, 0.15) is 15.9 Å². The molecular formula is C25H17ClFN5O3S. The number of anilines is 2. The van der Waals surface area contributed by atoms with Crippen molar-refractivity contribution in [2.24, 2.45) is 0 Å². The van der Waals surface area contributed by atoms with Crippen LogP contribution in [0.4, 0.5) is 16.0 Å². The second-order valence-electron chi connectivity index (χ2n) is 7.81. The third-order valence-corrected chi connectivity index (χ3v) is 7.22. The van der Waals surface area contributed by atoms with Gasteiger partial charge < -0.3 is 5.73 Å². The first-order valence-corrected chi connectivity index (χ1v) is 12.4. The molecule has 0 saturated carbocycles. The predicted molar refractivity (Wildman–Crippen MR) is 137 cm³/mol. The van der Waals surface area contributed by atoms with Gasteiger partial charge in [0.25, 0.3) is 15.6 Å². The summed E-state index contributed by atoms with van der Waals surface area (Å²) in [5.74, 6) is -0.559. The van der Waals surface area contributed by atoms with Crippen LogP contribution in [-0.2, 0) is 10.0 Å². The summed E-state index contributed by atoms with van der Waals surface area (Å²) in [6.07, 6.45) is 1.39. The van der Waals surface area contributed by atoms with Gasteiger partial charge in [-0.3, -0.25) is 9.52 Å². The number of nitrogens with zero attached hydrogens (tertiary/aromatic N) is 3. The monoisotopic (exact) mass is 521 g/mol. The normalized spacial score (nSPS) is 11.5. The lowest BCUT2D eigenvalue weighted by atomic mass is 10.1. The van der Waals surface area contributed by atoms with Crippen molar-refractivity contribution in [3.63, 3.8) is 0 Å². The van der Waals surface area contributed by atoms with Gasteiger partial charge >= 0.3 is 0 Å². The van der Waals surface area contributed by atoms with E-state index in [4.69, 9.17) is 17.3 Å². The molecule has 2 aromatic heterocycles. The van der Waals surface area contributed by atoms with Gasteiger partial charge in [-0.05, 0) is 54.1 Å². The molecule has 0 aliphatic carbocycles. The molecule has 180 valence electrons. The van der Waals surface area contributed by atoms with Gasteiger partial charge in [0.05, 0.1) is 22.3 Å². The number of hydrogen-bond donors (Lipinski definition) is 2. The molecule has 5 rings (SSSR count). The molecule has 0 aliphatic rings. The minimum absolute atomic E-state index is 0.0345. The van der Waals surface area contributed by atoms with Crippen LogP contribution in [0.2, 0.25) is 5.15 Å². The molecule has 0 spiro atoms. The number of aromatic nitrogens is 3. The Hall–Kier alpha value is -4.28. The summed E-state index contributed by atoms with van der Waals surface area (Å²) in [5, 5.41) is 0.0205. The number of pyridine rings is 1. The van der Waals surface area contributed by atoms with Crippen LogP contribution in [0.15, 0.2) is 94.7 Å². The lowest BCUT2D eigenvalue weighted by Gasteiger charge is -2.12. The fraction of sp³-hybridized carbons (Fsp3) is 0. The standard InChI is InChI=1S/C25H17ClFN5O3S/c26-23-22(36(34,35)31-18-6-4-5-17(27)13-18)12-16(14-29-23)15-9-10-21-20(11-15)24(33)32(25(28)30-21)19-7-2-1-3-8-19/h1-14,31H,(H2,28,30). The van der Waals surface area contributed by atoms with E-state index >= 15 is 0 Å². The van der Waals surface area contributed by atoms with E-state index in [1.165, 1.54) is 35.0 Å². The molecule has 0 radical (unpaired) electrons. The highest BCUT2D eigenvalue weighted by atomic mass is 35.5. The van der Waals surface area contributed by atoms with Crippen molar-refractivity contribution in [3.8, 4) is 16.8 Å². The van der Waals surface area contributed by atoms with E-state index in [0.717, 1.165) is 6.07 Å². The molecule has 2 heterocycles. The SMILES string of the molecule is Nc1nc2ccc(-c3cnc(Cl)c(S(=O)(=O)Nc4cccc(F)c4)c3)cc2c(=O)n1-c1ccccc1. The Bertz CT molecular complexity index is 1790. The summed E-state index contributed by atoms with van der Waals surface area (Å²) in [7, 11) is -4.20. The molecule has 3 N–H and O–H groups in total. The van der Waals surface area contributed by atoms with Crippen molar-refractivity contribution in [3.05, 3.63) is 106 Å². The third kappa shape index (κ3) is 4.39. The van der Waals surface area contributed by atoms with E-state index in [0.29, 0.717) is 22.3 Å². The maximum atomic E-state index is 13.5. The van der Waals surface area contributed by atoms with Gasteiger partial charge in [-0.25, -0.2) is 27.3 Å². The molecule has 0 amide bonds. The first-order valence-electron chi connectivity index (χ1n) is 10.5. The van der Waals surface area contributed by atoms with Gasteiger partial charge in [0, 0.05) is 11.8 Å². The molecule has 8 nitrogen and oxygen atoms in total. The molecular weight excluding hydrogens is 505 g/mol. The second-order valence-corrected chi connectivity index (χ2v) is 9.82. The van der Waals surface area contributed by atoms with Crippen LogP contribution in [0.3, 0.4) is 0 Å². The van der Waals surface area contributed by atoms with E-state index in [2.05, 4.69) is 14.7 Å². The lowest BCUT2D eigenvalue weighted by molar-refractivity contribution is 0.600. The predicted octanol–water partition coefficient (Wildman–Crippen LogP) is 4.62. The van der Waals surface area contributed by atoms with Crippen LogP contribution in [0.1, 0.15) is 0 Å². The van der Waals surface area contributed by atoms with Gasteiger partial charge in [0.15, 0.2) is 0 Å². The molecule has 11 heteroatoms. The number of nitrogen functional groups attached to an aromatic ring is 1. The molecule has 3 aromatic carbocycles. The summed E-state index contributed by atoms with van der Waals surface area (Å²) in [4.78, 5) is 21.4. The highest BCUT2D eigenvalue weighted by Crippen LogP contribution is 2.29. The number of nitrogens with one attached hydrogen (secondary N) is 1. The average Bonchev–Trinajstić information content (AvgIpc) is 2.84. The van der Waals surface area contributed by atoms with Crippen molar-refractivity contribution in [1.82, 2.24) is 14.5 Å². The number of fused-ring (bicyclic) bond motifs is 1. The molecule has 0 unspecified atom stereocenters.